The first-order valence-electron chi connectivity index (χ1n) is 4.31. The van der Waals surface area contributed by atoms with Crippen molar-refractivity contribution in [1.29, 1.82) is 0 Å². The molecular weight excluding hydrogens is 217 g/mol. The van der Waals surface area contributed by atoms with Gasteiger partial charge < -0.3 is 0 Å². The number of aromatic nitrogens is 1. The van der Waals surface area contributed by atoms with Gasteiger partial charge in [0, 0.05) is 5.39 Å². The molecule has 0 aliphatic rings. The first-order chi connectivity index (χ1) is 6.59. The Morgan fingerprint density at radius 1 is 1.07 bits per heavy atom. The molecule has 0 aliphatic carbocycles. The number of nitrogens with zero attached hydrogens (tertiary/aromatic N) is 1. The van der Waals surface area contributed by atoms with Gasteiger partial charge in [0.05, 0.1) is 0 Å². The Bertz CT molecular complexity index is 506. The van der Waals surface area contributed by atoms with Gasteiger partial charge in [0.2, 0.25) is 0 Å². The number of halogens is 2. The van der Waals surface area contributed by atoms with E-state index >= 15 is 0 Å². The molecule has 0 spiro atoms. The third-order valence-corrected chi connectivity index (χ3v) is 2.81. The first kappa shape index (κ1) is 9.75. The van der Waals surface area contributed by atoms with E-state index in [1.54, 1.807) is 0 Å². The Morgan fingerprint density at radius 2 is 1.71 bits per heavy atom. The summed E-state index contributed by atoms with van der Waals surface area (Å²) in [6.07, 6.45) is 0. The van der Waals surface area contributed by atoms with Gasteiger partial charge in [-0.25, -0.2) is 4.98 Å². The van der Waals surface area contributed by atoms with Crippen molar-refractivity contribution >= 4 is 34.0 Å². The van der Waals surface area contributed by atoms with Crippen molar-refractivity contribution in [2.45, 2.75) is 13.8 Å². The van der Waals surface area contributed by atoms with E-state index in [-0.39, 0.29) is 0 Å². The summed E-state index contributed by atoms with van der Waals surface area (Å²) >= 11 is 11.9. The fourth-order valence-corrected chi connectivity index (χ4v) is 2.17. The van der Waals surface area contributed by atoms with Crippen LogP contribution in [0.2, 0.25) is 10.3 Å². The topological polar surface area (TPSA) is 12.9 Å². The monoisotopic (exact) mass is 225 g/mol. The summed E-state index contributed by atoms with van der Waals surface area (Å²) in [5, 5.41) is 3.00. The quantitative estimate of drug-likeness (QED) is 0.614. The lowest BCUT2D eigenvalue weighted by molar-refractivity contribution is 1.34. The van der Waals surface area contributed by atoms with Crippen LogP contribution in [0.15, 0.2) is 18.2 Å². The lowest BCUT2D eigenvalue weighted by Gasteiger charge is -2.07. The zero-order chi connectivity index (χ0) is 10.3. The molecule has 0 aliphatic heterocycles. The van der Waals surface area contributed by atoms with E-state index in [9.17, 15) is 0 Å². The van der Waals surface area contributed by atoms with E-state index in [4.69, 9.17) is 23.2 Å². The molecular formula is C11H9Cl2N. The molecule has 3 heteroatoms. The zero-order valence-corrected chi connectivity index (χ0v) is 9.45. The van der Waals surface area contributed by atoms with Crippen molar-refractivity contribution in [3.05, 3.63) is 39.6 Å². The summed E-state index contributed by atoms with van der Waals surface area (Å²) in [6, 6.07) is 5.95. The minimum atomic E-state index is 0.441. The summed E-state index contributed by atoms with van der Waals surface area (Å²) in [5.41, 5.74) is 2.29. The summed E-state index contributed by atoms with van der Waals surface area (Å²) < 4.78 is 0. The number of rotatable bonds is 0. The van der Waals surface area contributed by atoms with Crippen LogP contribution in [0.5, 0.6) is 0 Å². The number of pyridine rings is 1. The standard InChI is InChI=1S/C11H9Cl2N/c1-6-3-4-7(2)10-8(6)5-9(12)14-11(10)13/h3-5H,1-2H3. The number of hydrogen-bond acceptors (Lipinski definition) is 1. The van der Waals surface area contributed by atoms with E-state index in [1.807, 2.05) is 26.0 Å². The molecule has 2 aromatic rings. The van der Waals surface area contributed by atoms with Crippen LogP contribution >= 0.6 is 23.2 Å². The van der Waals surface area contributed by atoms with Gasteiger partial charge in [0.1, 0.15) is 10.3 Å². The Hall–Kier alpha value is -0.790. The molecule has 0 atom stereocenters. The molecule has 0 fully saturated rings. The predicted octanol–water partition coefficient (Wildman–Crippen LogP) is 4.16. The summed E-state index contributed by atoms with van der Waals surface area (Å²) in [4.78, 5) is 4.03. The van der Waals surface area contributed by atoms with Crippen molar-refractivity contribution in [2.24, 2.45) is 0 Å². The van der Waals surface area contributed by atoms with Crippen molar-refractivity contribution in [1.82, 2.24) is 4.98 Å². The zero-order valence-electron chi connectivity index (χ0n) is 7.94. The highest BCUT2D eigenvalue weighted by Crippen LogP contribution is 2.29. The lowest BCUT2D eigenvalue weighted by Crippen LogP contribution is -1.87. The second-order valence-corrected chi connectivity index (χ2v) is 4.10. The van der Waals surface area contributed by atoms with Crippen LogP contribution in [0.4, 0.5) is 0 Å². The van der Waals surface area contributed by atoms with Gasteiger partial charge in [-0.2, -0.15) is 0 Å². The fraction of sp³-hybridized carbons (Fsp3) is 0.182. The van der Waals surface area contributed by atoms with Gasteiger partial charge in [0.15, 0.2) is 0 Å². The largest absolute Gasteiger partial charge is 0.224 e. The van der Waals surface area contributed by atoms with Crippen LogP contribution in [0, 0.1) is 13.8 Å². The molecule has 1 heterocycles. The van der Waals surface area contributed by atoms with E-state index in [1.165, 1.54) is 0 Å². The Kier molecular flexibility index (Phi) is 2.38. The van der Waals surface area contributed by atoms with Gasteiger partial charge in [0.25, 0.3) is 0 Å². The molecule has 2 rings (SSSR count). The number of benzene rings is 1. The summed E-state index contributed by atoms with van der Waals surface area (Å²) in [7, 11) is 0. The Morgan fingerprint density at radius 3 is 2.43 bits per heavy atom. The third kappa shape index (κ3) is 1.47. The number of aryl methyl sites for hydroxylation is 2. The van der Waals surface area contributed by atoms with Gasteiger partial charge in [-0.15, -0.1) is 0 Å². The normalized spacial score (nSPS) is 10.9. The maximum Gasteiger partial charge on any atom is 0.138 e. The van der Waals surface area contributed by atoms with Gasteiger partial charge in [-0.05, 0) is 36.4 Å². The van der Waals surface area contributed by atoms with Crippen LogP contribution in [-0.4, -0.2) is 4.98 Å². The van der Waals surface area contributed by atoms with Crippen molar-refractivity contribution in [3.63, 3.8) is 0 Å². The van der Waals surface area contributed by atoms with Crippen LogP contribution < -0.4 is 0 Å². The smallest absolute Gasteiger partial charge is 0.138 e. The highest BCUT2D eigenvalue weighted by Gasteiger charge is 2.07. The van der Waals surface area contributed by atoms with Gasteiger partial charge in [-0.1, -0.05) is 35.3 Å². The van der Waals surface area contributed by atoms with Crippen LogP contribution in [-0.2, 0) is 0 Å². The molecule has 0 saturated carbocycles. The molecule has 14 heavy (non-hydrogen) atoms. The molecule has 0 unspecified atom stereocenters. The minimum Gasteiger partial charge on any atom is -0.224 e. The minimum absolute atomic E-state index is 0.441. The molecule has 0 amide bonds. The Balaban J connectivity index is 3.00. The number of hydrogen-bond donors (Lipinski definition) is 0. The summed E-state index contributed by atoms with van der Waals surface area (Å²) in [6.45, 7) is 4.05. The van der Waals surface area contributed by atoms with Crippen molar-refractivity contribution in [2.75, 3.05) is 0 Å². The maximum atomic E-state index is 6.04. The van der Waals surface area contributed by atoms with Crippen molar-refractivity contribution in [3.8, 4) is 0 Å². The van der Waals surface area contributed by atoms with E-state index in [0.29, 0.717) is 10.3 Å². The average molecular weight is 226 g/mol. The van der Waals surface area contributed by atoms with Crippen LogP contribution in [0.3, 0.4) is 0 Å². The van der Waals surface area contributed by atoms with E-state index < -0.39 is 0 Å². The lowest BCUT2D eigenvalue weighted by atomic mass is 10.0. The fourth-order valence-electron chi connectivity index (χ4n) is 1.59. The predicted molar refractivity (Wildman–Crippen MR) is 61.2 cm³/mol. The second-order valence-electron chi connectivity index (χ2n) is 3.36. The molecule has 0 saturated heterocycles. The third-order valence-electron chi connectivity index (χ3n) is 2.35. The SMILES string of the molecule is Cc1ccc(C)c2c(Cl)nc(Cl)cc12. The van der Waals surface area contributed by atoms with Gasteiger partial charge in [-0.3, -0.25) is 0 Å². The Labute approximate surface area is 92.7 Å². The number of fused-ring (bicyclic) bond motifs is 1. The second kappa shape index (κ2) is 3.41. The molecule has 1 nitrogen and oxygen atoms in total. The molecule has 0 bridgehead atoms. The molecule has 72 valence electrons. The molecule has 1 aromatic carbocycles. The average Bonchev–Trinajstić information content (AvgIpc) is 2.10. The van der Waals surface area contributed by atoms with Crippen molar-refractivity contribution < 1.29 is 0 Å². The van der Waals surface area contributed by atoms with E-state index in [2.05, 4.69) is 11.1 Å². The molecule has 1 aromatic heterocycles. The molecule has 0 radical (unpaired) electrons. The highest BCUT2D eigenvalue weighted by molar-refractivity contribution is 6.36. The van der Waals surface area contributed by atoms with Crippen LogP contribution in [0.1, 0.15) is 11.1 Å². The van der Waals surface area contributed by atoms with Gasteiger partial charge >= 0.3 is 0 Å². The highest BCUT2D eigenvalue weighted by atomic mass is 35.5. The van der Waals surface area contributed by atoms with E-state index in [0.717, 1.165) is 21.9 Å². The molecule has 0 N–H and O–H groups in total. The van der Waals surface area contributed by atoms with Crippen LogP contribution in [0.25, 0.3) is 10.8 Å². The maximum absolute atomic E-state index is 6.04. The first-order valence-corrected chi connectivity index (χ1v) is 5.07. The summed E-state index contributed by atoms with van der Waals surface area (Å²) in [5.74, 6) is 0.